The SMILES string of the molecule is CC(C)C1CCCN1C1(CN)CCc2cc(Br)ccc2C1. The second-order valence-electron chi connectivity index (χ2n) is 7.17. The Bertz CT molecular complexity index is 514. The van der Waals surface area contributed by atoms with Crippen LogP contribution in [-0.4, -0.2) is 29.6 Å². The van der Waals surface area contributed by atoms with Gasteiger partial charge >= 0.3 is 0 Å². The summed E-state index contributed by atoms with van der Waals surface area (Å²) in [6.07, 6.45) is 6.16. The Morgan fingerprint density at radius 2 is 2.19 bits per heavy atom. The Kier molecular flexibility index (Phi) is 4.45. The quantitative estimate of drug-likeness (QED) is 0.899. The first-order valence-electron chi connectivity index (χ1n) is 8.30. The van der Waals surface area contributed by atoms with Crippen LogP contribution in [0.25, 0.3) is 0 Å². The van der Waals surface area contributed by atoms with Gasteiger partial charge in [-0.1, -0.05) is 35.8 Å². The number of aryl methyl sites for hydroxylation is 1. The molecule has 2 atom stereocenters. The normalized spacial score (nSPS) is 29.9. The molecule has 2 nitrogen and oxygen atoms in total. The summed E-state index contributed by atoms with van der Waals surface area (Å²) in [5.41, 5.74) is 9.52. The molecule has 0 aromatic heterocycles. The van der Waals surface area contributed by atoms with Crippen LogP contribution >= 0.6 is 15.9 Å². The summed E-state index contributed by atoms with van der Waals surface area (Å²) in [6, 6.07) is 7.48. The van der Waals surface area contributed by atoms with Gasteiger partial charge in [0.05, 0.1) is 0 Å². The summed E-state index contributed by atoms with van der Waals surface area (Å²) in [7, 11) is 0. The van der Waals surface area contributed by atoms with Gasteiger partial charge in [-0.15, -0.1) is 0 Å². The number of hydrogen-bond acceptors (Lipinski definition) is 2. The number of nitrogens with two attached hydrogens (primary N) is 1. The molecule has 2 unspecified atom stereocenters. The number of rotatable bonds is 3. The third-order valence-electron chi connectivity index (χ3n) is 5.61. The largest absolute Gasteiger partial charge is 0.329 e. The van der Waals surface area contributed by atoms with Gasteiger partial charge < -0.3 is 5.73 Å². The maximum absolute atomic E-state index is 6.32. The van der Waals surface area contributed by atoms with Crippen LogP contribution in [0.15, 0.2) is 22.7 Å². The van der Waals surface area contributed by atoms with Crippen molar-refractivity contribution in [2.45, 2.75) is 57.5 Å². The minimum absolute atomic E-state index is 0.187. The number of nitrogens with zero attached hydrogens (tertiary/aromatic N) is 1. The van der Waals surface area contributed by atoms with Crippen molar-refractivity contribution in [2.75, 3.05) is 13.1 Å². The number of hydrogen-bond donors (Lipinski definition) is 1. The fraction of sp³-hybridized carbons (Fsp3) is 0.667. The third kappa shape index (κ3) is 2.80. The molecule has 0 amide bonds. The van der Waals surface area contributed by atoms with Crippen molar-refractivity contribution in [1.82, 2.24) is 4.90 Å². The summed E-state index contributed by atoms with van der Waals surface area (Å²) in [4.78, 5) is 2.77. The lowest BCUT2D eigenvalue weighted by atomic mass is 9.76. The summed E-state index contributed by atoms with van der Waals surface area (Å²) in [5, 5.41) is 0. The van der Waals surface area contributed by atoms with Crippen LogP contribution in [0.1, 0.15) is 44.2 Å². The number of benzene rings is 1. The van der Waals surface area contributed by atoms with Gasteiger partial charge in [0, 0.05) is 22.6 Å². The molecule has 116 valence electrons. The van der Waals surface area contributed by atoms with E-state index in [1.807, 2.05) is 0 Å². The zero-order valence-corrected chi connectivity index (χ0v) is 14.8. The van der Waals surface area contributed by atoms with Gasteiger partial charge in [-0.3, -0.25) is 4.90 Å². The fourth-order valence-electron chi connectivity index (χ4n) is 4.42. The molecule has 3 heteroatoms. The lowest BCUT2D eigenvalue weighted by Crippen LogP contribution is -2.59. The second-order valence-corrected chi connectivity index (χ2v) is 8.08. The summed E-state index contributed by atoms with van der Waals surface area (Å²) < 4.78 is 1.20. The van der Waals surface area contributed by atoms with E-state index in [1.165, 1.54) is 41.4 Å². The first kappa shape index (κ1) is 15.5. The molecule has 1 aliphatic carbocycles. The van der Waals surface area contributed by atoms with Crippen LogP contribution in [0.3, 0.4) is 0 Å². The third-order valence-corrected chi connectivity index (χ3v) is 6.10. The van der Waals surface area contributed by atoms with Gasteiger partial charge in [0.2, 0.25) is 0 Å². The molecule has 1 aliphatic heterocycles. The molecule has 2 N–H and O–H groups in total. The minimum atomic E-state index is 0.187. The Morgan fingerprint density at radius 3 is 2.90 bits per heavy atom. The zero-order chi connectivity index (χ0) is 15.0. The maximum Gasteiger partial charge on any atom is 0.0378 e. The van der Waals surface area contributed by atoms with E-state index < -0.39 is 0 Å². The van der Waals surface area contributed by atoms with Crippen LogP contribution in [0.4, 0.5) is 0 Å². The van der Waals surface area contributed by atoms with E-state index in [0.29, 0.717) is 6.04 Å². The second kappa shape index (κ2) is 6.02. The van der Waals surface area contributed by atoms with Crippen molar-refractivity contribution < 1.29 is 0 Å². The smallest absolute Gasteiger partial charge is 0.0378 e. The molecule has 0 saturated carbocycles. The van der Waals surface area contributed by atoms with Crippen molar-refractivity contribution >= 4 is 15.9 Å². The lowest BCUT2D eigenvalue weighted by molar-refractivity contribution is 0.0480. The molecule has 2 aliphatic rings. The van der Waals surface area contributed by atoms with Crippen LogP contribution in [0, 0.1) is 5.92 Å². The first-order chi connectivity index (χ1) is 10.1. The molecule has 3 rings (SSSR count). The van der Waals surface area contributed by atoms with Gasteiger partial charge in [-0.2, -0.15) is 0 Å². The highest BCUT2D eigenvalue weighted by Gasteiger charge is 2.44. The highest BCUT2D eigenvalue weighted by molar-refractivity contribution is 9.10. The average Bonchev–Trinajstić information content (AvgIpc) is 2.97. The van der Waals surface area contributed by atoms with Crippen LogP contribution in [-0.2, 0) is 12.8 Å². The van der Waals surface area contributed by atoms with E-state index in [9.17, 15) is 0 Å². The van der Waals surface area contributed by atoms with E-state index in [-0.39, 0.29) is 5.54 Å². The Labute approximate surface area is 137 Å². The highest BCUT2D eigenvalue weighted by Crippen LogP contribution is 2.39. The molecule has 1 aromatic rings. The number of halogens is 1. The lowest BCUT2D eigenvalue weighted by Gasteiger charge is -2.48. The van der Waals surface area contributed by atoms with Crippen molar-refractivity contribution in [3.05, 3.63) is 33.8 Å². The van der Waals surface area contributed by atoms with Crippen molar-refractivity contribution in [2.24, 2.45) is 11.7 Å². The van der Waals surface area contributed by atoms with E-state index in [1.54, 1.807) is 0 Å². The molecule has 0 bridgehead atoms. The van der Waals surface area contributed by atoms with E-state index in [4.69, 9.17) is 5.73 Å². The summed E-state index contributed by atoms with van der Waals surface area (Å²) in [6.45, 7) is 6.74. The molecule has 0 spiro atoms. The van der Waals surface area contributed by atoms with Gasteiger partial charge in [0.25, 0.3) is 0 Å². The predicted molar refractivity (Wildman–Crippen MR) is 92.5 cm³/mol. The van der Waals surface area contributed by atoms with Crippen molar-refractivity contribution in [3.8, 4) is 0 Å². The average molecular weight is 351 g/mol. The van der Waals surface area contributed by atoms with E-state index in [2.05, 4.69) is 52.9 Å². The minimum Gasteiger partial charge on any atom is -0.329 e. The maximum atomic E-state index is 6.32. The van der Waals surface area contributed by atoms with Crippen molar-refractivity contribution in [1.29, 1.82) is 0 Å². The predicted octanol–water partition coefficient (Wildman–Crippen LogP) is 3.76. The van der Waals surface area contributed by atoms with Crippen LogP contribution in [0.5, 0.6) is 0 Å². The van der Waals surface area contributed by atoms with Gasteiger partial charge in [-0.05, 0) is 67.8 Å². The Balaban J connectivity index is 1.90. The van der Waals surface area contributed by atoms with Crippen molar-refractivity contribution in [3.63, 3.8) is 0 Å². The topological polar surface area (TPSA) is 29.3 Å². The molecule has 0 radical (unpaired) electrons. The van der Waals surface area contributed by atoms with Gasteiger partial charge in [0.15, 0.2) is 0 Å². The molecule has 1 saturated heterocycles. The standard InChI is InChI=1S/C18H27BrN2/c1-13(2)17-4-3-9-21(17)18(12-20)8-7-14-10-16(19)6-5-15(14)11-18/h5-6,10,13,17H,3-4,7-9,11-12,20H2,1-2H3. The highest BCUT2D eigenvalue weighted by atomic mass is 79.9. The monoisotopic (exact) mass is 350 g/mol. The van der Waals surface area contributed by atoms with Crippen LogP contribution < -0.4 is 5.73 Å². The van der Waals surface area contributed by atoms with E-state index in [0.717, 1.165) is 25.3 Å². The van der Waals surface area contributed by atoms with Crippen LogP contribution in [0.2, 0.25) is 0 Å². The molecular weight excluding hydrogens is 324 g/mol. The number of fused-ring (bicyclic) bond motifs is 1. The fourth-order valence-corrected chi connectivity index (χ4v) is 4.83. The van der Waals surface area contributed by atoms with Gasteiger partial charge in [-0.25, -0.2) is 0 Å². The molecule has 1 heterocycles. The Morgan fingerprint density at radius 1 is 1.38 bits per heavy atom. The Hall–Kier alpha value is -0.380. The van der Waals surface area contributed by atoms with Gasteiger partial charge in [0.1, 0.15) is 0 Å². The summed E-state index contributed by atoms with van der Waals surface area (Å²) >= 11 is 3.60. The molecule has 21 heavy (non-hydrogen) atoms. The number of likely N-dealkylation sites (tertiary alicyclic amines) is 1. The summed E-state index contributed by atoms with van der Waals surface area (Å²) in [5.74, 6) is 0.724. The van der Waals surface area contributed by atoms with E-state index >= 15 is 0 Å². The molecule has 1 fully saturated rings. The molecule has 1 aromatic carbocycles. The zero-order valence-electron chi connectivity index (χ0n) is 13.2. The first-order valence-corrected chi connectivity index (χ1v) is 9.09. The molecular formula is C18H27BrN2.